The molecule has 1 saturated heterocycles. The van der Waals surface area contributed by atoms with Gasteiger partial charge in [0, 0.05) is 0 Å². The minimum atomic E-state index is -0.877. The van der Waals surface area contributed by atoms with E-state index in [0.717, 1.165) is 17.0 Å². The summed E-state index contributed by atoms with van der Waals surface area (Å²) in [7, 11) is 0. The van der Waals surface area contributed by atoms with Crippen molar-refractivity contribution in [3.8, 4) is 0 Å². The predicted octanol–water partition coefficient (Wildman–Crippen LogP) is 1.21. The average molecular weight is 254 g/mol. The van der Waals surface area contributed by atoms with Gasteiger partial charge in [0.1, 0.15) is 23.4 Å². The smallest absolute Gasteiger partial charge is 0.247 e. The molecular formula is C12H12F2N2O2. The van der Waals surface area contributed by atoms with Crippen LogP contribution in [0.15, 0.2) is 18.2 Å². The molecule has 1 aromatic carbocycles. The molecule has 1 aliphatic rings. The van der Waals surface area contributed by atoms with E-state index in [1.54, 1.807) is 6.92 Å². The van der Waals surface area contributed by atoms with E-state index in [0.29, 0.717) is 0 Å². The van der Waals surface area contributed by atoms with Gasteiger partial charge in [0.2, 0.25) is 11.8 Å². The van der Waals surface area contributed by atoms with Crippen LogP contribution in [-0.2, 0) is 9.59 Å². The first-order valence-corrected chi connectivity index (χ1v) is 5.60. The molecule has 0 aliphatic carbocycles. The molecule has 1 aliphatic heterocycles. The summed E-state index contributed by atoms with van der Waals surface area (Å²) < 4.78 is 27.4. The molecule has 1 aromatic rings. The molecular weight excluding hydrogens is 242 g/mol. The van der Waals surface area contributed by atoms with Crippen LogP contribution in [0.4, 0.5) is 14.5 Å². The Morgan fingerprint density at radius 1 is 1.33 bits per heavy atom. The maximum absolute atomic E-state index is 13.7. The predicted molar refractivity (Wildman–Crippen MR) is 60.9 cm³/mol. The molecule has 6 heteroatoms. The minimum Gasteiger partial charge on any atom is -0.345 e. The van der Waals surface area contributed by atoms with Gasteiger partial charge in [-0.3, -0.25) is 14.5 Å². The highest BCUT2D eigenvalue weighted by atomic mass is 19.1. The lowest BCUT2D eigenvalue weighted by molar-refractivity contribution is -0.131. The lowest BCUT2D eigenvalue weighted by Gasteiger charge is -2.34. The Hall–Kier alpha value is -1.98. The van der Waals surface area contributed by atoms with Crippen LogP contribution in [0.25, 0.3) is 0 Å². The summed E-state index contributed by atoms with van der Waals surface area (Å²) in [5, 5.41) is 2.40. The molecule has 2 amide bonds. The molecule has 1 unspecified atom stereocenters. The number of halogens is 2. The summed E-state index contributed by atoms with van der Waals surface area (Å²) in [5.74, 6) is -2.63. The molecule has 2 rings (SSSR count). The number of para-hydroxylation sites is 1. The van der Waals surface area contributed by atoms with Gasteiger partial charge in [-0.1, -0.05) is 13.0 Å². The molecule has 96 valence electrons. The van der Waals surface area contributed by atoms with Crippen molar-refractivity contribution in [3.63, 3.8) is 0 Å². The summed E-state index contributed by atoms with van der Waals surface area (Å²) >= 11 is 0. The number of rotatable bonds is 2. The van der Waals surface area contributed by atoms with Crippen LogP contribution >= 0.6 is 0 Å². The van der Waals surface area contributed by atoms with Gasteiger partial charge >= 0.3 is 0 Å². The van der Waals surface area contributed by atoms with Gasteiger partial charge in [-0.15, -0.1) is 0 Å². The van der Waals surface area contributed by atoms with Gasteiger partial charge in [-0.05, 0) is 18.6 Å². The number of piperazine rings is 1. The third-order valence-electron chi connectivity index (χ3n) is 2.86. The highest BCUT2D eigenvalue weighted by Crippen LogP contribution is 2.27. The van der Waals surface area contributed by atoms with Crippen molar-refractivity contribution in [2.45, 2.75) is 19.4 Å². The highest BCUT2D eigenvalue weighted by molar-refractivity contribution is 6.06. The fourth-order valence-electron chi connectivity index (χ4n) is 2.02. The lowest BCUT2D eigenvalue weighted by atomic mass is 10.1. The van der Waals surface area contributed by atoms with Gasteiger partial charge in [0.25, 0.3) is 0 Å². The quantitative estimate of drug-likeness (QED) is 0.862. The number of amides is 2. The molecule has 0 saturated carbocycles. The van der Waals surface area contributed by atoms with E-state index in [1.165, 1.54) is 6.07 Å². The highest BCUT2D eigenvalue weighted by Gasteiger charge is 2.36. The molecule has 1 N–H and O–H groups in total. The van der Waals surface area contributed by atoms with E-state index < -0.39 is 35.2 Å². The van der Waals surface area contributed by atoms with Crippen LogP contribution in [0.3, 0.4) is 0 Å². The molecule has 0 spiro atoms. The van der Waals surface area contributed by atoms with E-state index >= 15 is 0 Å². The Kier molecular flexibility index (Phi) is 3.27. The first-order chi connectivity index (χ1) is 8.56. The van der Waals surface area contributed by atoms with Gasteiger partial charge in [-0.2, -0.15) is 0 Å². The Morgan fingerprint density at radius 3 is 2.50 bits per heavy atom. The Morgan fingerprint density at radius 2 is 1.94 bits per heavy atom. The zero-order valence-corrected chi connectivity index (χ0v) is 9.74. The second kappa shape index (κ2) is 4.72. The summed E-state index contributed by atoms with van der Waals surface area (Å²) in [6.07, 6.45) is 0.283. The van der Waals surface area contributed by atoms with Crippen LogP contribution < -0.4 is 10.2 Å². The number of hydrogen-bond donors (Lipinski definition) is 1. The SMILES string of the molecule is CCC1C(=O)NCC(=O)N1c1c(F)cccc1F. The number of benzene rings is 1. The van der Waals surface area contributed by atoms with Crippen molar-refractivity contribution in [2.24, 2.45) is 0 Å². The normalized spacial score (nSPS) is 19.9. The van der Waals surface area contributed by atoms with E-state index in [9.17, 15) is 18.4 Å². The first kappa shape index (κ1) is 12.5. The molecule has 0 radical (unpaired) electrons. The number of carbonyl (C=O) groups excluding carboxylic acids is 2. The van der Waals surface area contributed by atoms with Crippen molar-refractivity contribution in [3.05, 3.63) is 29.8 Å². The van der Waals surface area contributed by atoms with Crippen LogP contribution in [0, 0.1) is 11.6 Å². The van der Waals surface area contributed by atoms with Gasteiger partial charge < -0.3 is 5.32 Å². The van der Waals surface area contributed by atoms with Gasteiger partial charge in [-0.25, -0.2) is 8.78 Å². The summed E-state index contributed by atoms with van der Waals surface area (Å²) in [6, 6.07) is 2.46. The second-order valence-corrected chi connectivity index (χ2v) is 3.98. The third-order valence-corrected chi connectivity index (χ3v) is 2.86. The molecule has 1 fully saturated rings. The first-order valence-electron chi connectivity index (χ1n) is 5.60. The number of hydrogen-bond acceptors (Lipinski definition) is 2. The van der Waals surface area contributed by atoms with Crippen molar-refractivity contribution in [2.75, 3.05) is 11.4 Å². The lowest BCUT2D eigenvalue weighted by Crippen LogP contribution is -2.58. The summed E-state index contributed by atoms with van der Waals surface area (Å²) in [6.45, 7) is 1.43. The zero-order valence-electron chi connectivity index (χ0n) is 9.74. The molecule has 4 nitrogen and oxygen atoms in total. The largest absolute Gasteiger partial charge is 0.345 e. The van der Waals surface area contributed by atoms with Crippen LogP contribution in [-0.4, -0.2) is 24.4 Å². The number of anilines is 1. The Labute approximate surface area is 103 Å². The molecule has 18 heavy (non-hydrogen) atoms. The van der Waals surface area contributed by atoms with Crippen LogP contribution in [0.1, 0.15) is 13.3 Å². The number of nitrogens with zero attached hydrogens (tertiary/aromatic N) is 1. The Balaban J connectivity index is 2.51. The third kappa shape index (κ3) is 1.94. The second-order valence-electron chi connectivity index (χ2n) is 3.98. The maximum Gasteiger partial charge on any atom is 0.247 e. The summed E-state index contributed by atoms with van der Waals surface area (Å²) in [5.41, 5.74) is -0.454. The van der Waals surface area contributed by atoms with E-state index in [1.807, 2.05) is 0 Å². The molecule has 0 bridgehead atoms. The topological polar surface area (TPSA) is 49.4 Å². The maximum atomic E-state index is 13.7. The fraction of sp³-hybridized carbons (Fsp3) is 0.333. The van der Waals surface area contributed by atoms with Crippen LogP contribution in [0.5, 0.6) is 0 Å². The minimum absolute atomic E-state index is 0.247. The van der Waals surface area contributed by atoms with Gasteiger partial charge in [0.15, 0.2) is 0 Å². The van der Waals surface area contributed by atoms with E-state index in [-0.39, 0.29) is 13.0 Å². The number of nitrogens with one attached hydrogen (secondary N) is 1. The standard InChI is InChI=1S/C12H12F2N2O2/c1-2-9-12(18)15-6-10(17)16(9)11-7(13)4-3-5-8(11)14/h3-5,9H,2,6H2,1H3,(H,15,18). The number of carbonyl (C=O) groups is 2. The monoisotopic (exact) mass is 254 g/mol. The van der Waals surface area contributed by atoms with Crippen molar-refractivity contribution in [1.82, 2.24) is 5.32 Å². The fourth-order valence-corrected chi connectivity index (χ4v) is 2.02. The molecule has 1 heterocycles. The van der Waals surface area contributed by atoms with Crippen molar-refractivity contribution < 1.29 is 18.4 Å². The van der Waals surface area contributed by atoms with Crippen LogP contribution in [0.2, 0.25) is 0 Å². The average Bonchev–Trinajstić information content (AvgIpc) is 2.33. The van der Waals surface area contributed by atoms with Crippen molar-refractivity contribution in [1.29, 1.82) is 0 Å². The Bertz CT molecular complexity index is 485. The van der Waals surface area contributed by atoms with E-state index in [2.05, 4.69) is 5.32 Å². The van der Waals surface area contributed by atoms with E-state index in [4.69, 9.17) is 0 Å². The zero-order chi connectivity index (χ0) is 13.3. The molecule has 0 aromatic heterocycles. The van der Waals surface area contributed by atoms with Gasteiger partial charge in [0.05, 0.1) is 6.54 Å². The molecule has 1 atom stereocenters. The van der Waals surface area contributed by atoms with Crippen molar-refractivity contribution >= 4 is 17.5 Å². The summed E-state index contributed by atoms with van der Waals surface area (Å²) in [4.78, 5) is 24.3.